The molecule has 2 amide bonds. The molecule has 1 N–H and O–H groups in total. The van der Waals surface area contributed by atoms with E-state index in [1.165, 1.54) is 17.0 Å². The van der Waals surface area contributed by atoms with Crippen LogP contribution in [-0.2, 0) is 19.6 Å². The van der Waals surface area contributed by atoms with Gasteiger partial charge in [-0.3, -0.25) is 14.5 Å². The van der Waals surface area contributed by atoms with E-state index < -0.39 is 15.3 Å². The van der Waals surface area contributed by atoms with Crippen molar-refractivity contribution in [2.24, 2.45) is 4.40 Å². The van der Waals surface area contributed by atoms with Gasteiger partial charge >= 0.3 is 0 Å². The predicted molar refractivity (Wildman–Crippen MR) is 134 cm³/mol. The number of para-hydroxylation sites is 1. The largest absolute Gasteiger partial charge is 0.326 e. The second kappa shape index (κ2) is 10.4. The second-order valence-electron chi connectivity index (χ2n) is 8.03. The molecule has 2 fully saturated rings. The van der Waals surface area contributed by atoms with E-state index in [-0.39, 0.29) is 34.3 Å². The van der Waals surface area contributed by atoms with Crippen molar-refractivity contribution in [1.29, 1.82) is 0 Å². The van der Waals surface area contributed by atoms with Gasteiger partial charge in [0, 0.05) is 22.6 Å². The summed E-state index contributed by atoms with van der Waals surface area (Å²) in [6, 6.07) is 15.1. The minimum absolute atomic E-state index is 0.0557. The minimum atomic E-state index is -4.00. The molecule has 1 aliphatic heterocycles. The molecule has 7 nitrogen and oxygen atoms in total. The van der Waals surface area contributed by atoms with Crippen LogP contribution in [0.25, 0.3) is 0 Å². The maximum absolute atomic E-state index is 13.3. The molecule has 0 spiro atoms. The molecule has 0 bridgehead atoms. The number of nitrogens with one attached hydrogen (secondary N) is 1. The summed E-state index contributed by atoms with van der Waals surface area (Å²) in [6.07, 6.45) is 4.59. The Balaban J connectivity index is 1.58. The molecule has 2 aromatic rings. The number of anilines is 1. The maximum Gasteiger partial charge on any atom is 0.284 e. The Morgan fingerprint density at radius 3 is 2.39 bits per heavy atom. The van der Waals surface area contributed by atoms with Gasteiger partial charge in [0.25, 0.3) is 10.0 Å². The van der Waals surface area contributed by atoms with E-state index in [1.54, 1.807) is 24.3 Å². The summed E-state index contributed by atoms with van der Waals surface area (Å²) in [5.74, 6) is -0.549. The Bertz CT molecular complexity index is 1150. The lowest BCUT2D eigenvalue weighted by Crippen LogP contribution is -2.42. The first-order valence-corrected chi connectivity index (χ1v) is 13.9. The zero-order valence-corrected chi connectivity index (χ0v) is 21.0. The Kier molecular flexibility index (Phi) is 7.55. The van der Waals surface area contributed by atoms with Crippen LogP contribution in [0, 0.1) is 0 Å². The highest BCUT2D eigenvalue weighted by atomic mass is 79.9. The SMILES string of the molecule is O=C(CC1SC(=NS(=O)(=O)c2ccc(Br)cc2)N(C2CCCCC2)C1=O)Nc1ccccc1. The van der Waals surface area contributed by atoms with Gasteiger partial charge in [0.1, 0.15) is 5.25 Å². The van der Waals surface area contributed by atoms with Gasteiger partial charge in [-0.25, -0.2) is 0 Å². The zero-order chi connectivity index (χ0) is 23.4. The van der Waals surface area contributed by atoms with Gasteiger partial charge in [-0.15, -0.1) is 4.40 Å². The Labute approximate surface area is 206 Å². The number of nitrogens with zero attached hydrogens (tertiary/aromatic N) is 2. The van der Waals surface area contributed by atoms with Crippen LogP contribution in [0.3, 0.4) is 0 Å². The third-order valence-corrected chi connectivity index (χ3v) is 8.72. The average Bonchev–Trinajstić information content (AvgIpc) is 3.09. The topological polar surface area (TPSA) is 95.9 Å². The summed E-state index contributed by atoms with van der Waals surface area (Å²) in [5, 5.41) is 2.24. The zero-order valence-electron chi connectivity index (χ0n) is 17.8. The van der Waals surface area contributed by atoms with Crippen LogP contribution in [-0.4, -0.2) is 41.6 Å². The quantitative estimate of drug-likeness (QED) is 0.558. The molecule has 1 heterocycles. The van der Waals surface area contributed by atoms with Crippen LogP contribution in [0.5, 0.6) is 0 Å². The van der Waals surface area contributed by atoms with E-state index in [0.717, 1.165) is 48.3 Å². The van der Waals surface area contributed by atoms with E-state index in [4.69, 9.17) is 0 Å². The second-order valence-corrected chi connectivity index (χ2v) is 11.7. The van der Waals surface area contributed by atoms with Crippen molar-refractivity contribution in [2.75, 3.05) is 5.32 Å². The highest BCUT2D eigenvalue weighted by molar-refractivity contribution is 9.10. The highest BCUT2D eigenvalue weighted by Crippen LogP contribution is 2.36. The lowest BCUT2D eigenvalue weighted by Gasteiger charge is -2.30. The van der Waals surface area contributed by atoms with Crippen molar-refractivity contribution in [2.45, 2.75) is 54.7 Å². The van der Waals surface area contributed by atoms with E-state index >= 15 is 0 Å². The summed E-state index contributed by atoms with van der Waals surface area (Å²) in [6.45, 7) is 0. The maximum atomic E-state index is 13.3. The molecule has 4 rings (SSSR count). The Morgan fingerprint density at radius 1 is 1.06 bits per heavy atom. The number of sulfonamides is 1. The van der Waals surface area contributed by atoms with Crippen LogP contribution < -0.4 is 5.32 Å². The average molecular weight is 551 g/mol. The molecule has 1 aliphatic carbocycles. The monoisotopic (exact) mass is 549 g/mol. The molecule has 1 saturated heterocycles. The number of hydrogen-bond donors (Lipinski definition) is 1. The first-order chi connectivity index (χ1) is 15.8. The van der Waals surface area contributed by atoms with Gasteiger partial charge in [-0.1, -0.05) is 65.2 Å². The van der Waals surface area contributed by atoms with Crippen molar-refractivity contribution >= 4 is 60.4 Å². The Hall–Kier alpha value is -2.17. The first-order valence-electron chi connectivity index (χ1n) is 10.8. The molecular weight excluding hydrogens is 526 g/mol. The standard InChI is InChI=1S/C23H24BrN3O4S2/c24-16-11-13-19(14-12-16)33(30,31)26-23-27(18-9-5-2-6-10-18)22(29)20(32-23)15-21(28)25-17-7-3-1-4-8-17/h1,3-4,7-8,11-14,18,20H,2,5-6,9-10,15H2,(H,25,28). The summed E-state index contributed by atoms with van der Waals surface area (Å²) >= 11 is 4.36. The third kappa shape index (κ3) is 5.85. The molecule has 2 aliphatic rings. The fraction of sp³-hybridized carbons (Fsp3) is 0.348. The van der Waals surface area contributed by atoms with Crippen molar-refractivity contribution in [1.82, 2.24) is 4.90 Å². The van der Waals surface area contributed by atoms with E-state index in [0.29, 0.717) is 5.69 Å². The summed E-state index contributed by atoms with van der Waals surface area (Å²) in [4.78, 5) is 27.5. The number of amidine groups is 1. The first kappa shape index (κ1) is 24.0. The van der Waals surface area contributed by atoms with Crippen LogP contribution in [0.1, 0.15) is 38.5 Å². The molecule has 10 heteroatoms. The van der Waals surface area contributed by atoms with Gasteiger partial charge in [-0.2, -0.15) is 8.42 Å². The number of halogens is 1. The lowest BCUT2D eigenvalue weighted by atomic mass is 9.94. The van der Waals surface area contributed by atoms with Gasteiger partial charge in [0.05, 0.1) is 4.90 Å². The van der Waals surface area contributed by atoms with Gasteiger partial charge in [0.2, 0.25) is 11.8 Å². The van der Waals surface area contributed by atoms with E-state index in [9.17, 15) is 18.0 Å². The molecule has 1 saturated carbocycles. The van der Waals surface area contributed by atoms with Crippen molar-refractivity contribution in [3.05, 3.63) is 59.1 Å². The van der Waals surface area contributed by atoms with Crippen molar-refractivity contribution in [3.8, 4) is 0 Å². The molecular formula is C23H24BrN3O4S2. The molecule has 33 heavy (non-hydrogen) atoms. The van der Waals surface area contributed by atoms with Gasteiger partial charge in [0.15, 0.2) is 5.17 Å². The third-order valence-electron chi connectivity index (χ3n) is 5.64. The fourth-order valence-electron chi connectivity index (χ4n) is 4.02. The van der Waals surface area contributed by atoms with Gasteiger partial charge in [-0.05, 0) is 49.2 Å². The summed E-state index contributed by atoms with van der Waals surface area (Å²) in [7, 11) is -4.00. The number of amides is 2. The molecule has 174 valence electrons. The smallest absolute Gasteiger partial charge is 0.284 e. The Morgan fingerprint density at radius 2 is 1.73 bits per heavy atom. The summed E-state index contributed by atoms with van der Waals surface area (Å²) in [5.41, 5.74) is 0.647. The molecule has 0 radical (unpaired) electrons. The van der Waals surface area contributed by atoms with Crippen molar-refractivity contribution < 1.29 is 18.0 Å². The lowest BCUT2D eigenvalue weighted by molar-refractivity contribution is -0.130. The predicted octanol–water partition coefficient (Wildman–Crippen LogP) is 4.80. The van der Waals surface area contributed by atoms with Gasteiger partial charge < -0.3 is 5.32 Å². The molecule has 0 aromatic heterocycles. The number of carbonyl (C=O) groups is 2. The number of thioether (sulfide) groups is 1. The highest BCUT2D eigenvalue weighted by Gasteiger charge is 2.43. The van der Waals surface area contributed by atoms with E-state index in [2.05, 4.69) is 25.6 Å². The number of rotatable bonds is 6. The minimum Gasteiger partial charge on any atom is -0.326 e. The number of hydrogen-bond acceptors (Lipinski definition) is 5. The van der Waals surface area contributed by atoms with Crippen molar-refractivity contribution in [3.63, 3.8) is 0 Å². The summed E-state index contributed by atoms with van der Waals surface area (Å²) < 4.78 is 30.8. The number of benzene rings is 2. The molecule has 2 aromatic carbocycles. The van der Waals surface area contributed by atoms with Crippen LogP contribution in [0.4, 0.5) is 5.69 Å². The van der Waals surface area contributed by atoms with E-state index in [1.807, 2.05) is 18.2 Å². The molecule has 1 unspecified atom stereocenters. The van der Waals surface area contributed by atoms with Crippen LogP contribution in [0.2, 0.25) is 0 Å². The normalized spacial score (nSPS) is 20.9. The number of carbonyl (C=O) groups excluding carboxylic acids is 2. The molecule has 1 atom stereocenters. The van der Waals surface area contributed by atoms with Crippen LogP contribution >= 0.6 is 27.7 Å². The van der Waals surface area contributed by atoms with Crippen LogP contribution in [0.15, 0.2) is 68.4 Å². The fourth-order valence-corrected chi connectivity index (χ4v) is 6.68.